The number of rotatable bonds is 10. The van der Waals surface area contributed by atoms with E-state index in [0.717, 1.165) is 54.3 Å². The van der Waals surface area contributed by atoms with Gasteiger partial charge in [0, 0.05) is 50.9 Å². The lowest BCUT2D eigenvalue weighted by atomic mass is 10.1. The van der Waals surface area contributed by atoms with Crippen molar-refractivity contribution >= 4 is 23.7 Å². The maximum atomic E-state index is 13.8. The number of fused-ring (bicyclic) bond motifs is 1. The Morgan fingerprint density at radius 2 is 2.03 bits per heavy atom. The Labute approximate surface area is 234 Å². The first-order chi connectivity index (χ1) is 19.0. The lowest BCUT2D eigenvalue weighted by Crippen LogP contribution is -2.36. The van der Waals surface area contributed by atoms with Crippen LogP contribution in [0.2, 0.25) is 0 Å². The molecule has 39 heavy (non-hydrogen) atoms. The summed E-state index contributed by atoms with van der Waals surface area (Å²) in [5.74, 6) is 0.609. The molecule has 3 aliphatic heterocycles. The van der Waals surface area contributed by atoms with Crippen LogP contribution in [0.15, 0.2) is 82.9 Å². The number of nitrogens with one attached hydrogen (secondary N) is 1. The van der Waals surface area contributed by atoms with Gasteiger partial charge in [-0.1, -0.05) is 12.1 Å². The number of likely N-dealkylation sites (N-methyl/N-ethyl adjacent to an activating group) is 1. The Morgan fingerprint density at radius 3 is 2.77 bits per heavy atom. The van der Waals surface area contributed by atoms with Crippen LogP contribution in [0.1, 0.15) is 24.0 Å². The molecule has 5 rings (SSSR count). The van der Waals surface area contributed by atoms with Crippen LogP contribution in [0.5, 0.6) is 5.75 Å². The van der Waals surface area contributed by atoms with Crippen molar-refractivity contribution in [1.29, 1.82) is 0 Å². The average Bonchev–Trinajstić information content (AvgIpc) is 3.52. The highest BCUT2D eigenvalue weighted by Crippen LogP contribution is 2.44. The van der Waals surface area contributed by atoms with Gasteiger partial charge in [-0.3, -0.25) is 4.99 Å². The lowest BCUT2D eigenvalue weighted by molar-refractivity contribution is 0.165. The largest absolute Gasteiger partial charge is 0.497 e. The molecule has 0 aliphatic carbocycles. The van der Waals surface area contributed by atoms with E-state index < -0.39 is 0 Å². The predicted molar refractivity (Wildman–Crippen MR) is 156 cm³/mol. The van der Waals surface area contributed by atoms with Gasteiger partial charge < -0.3 is 29.5 Å². The molecule has 3 aliphatic rings. The number of hydrogen-bond acceptors (Lipinski definition) is 8. The highest BCUT2D eigenvalue weighted by atomic mass is 32.2. The van der Waals surface area contributed by atoms with Crippen molar-refractivity contribution in [2.45, 2.75) is 31.0 Å². The smallest absolute Gasteiger partial charge is 0.168 e. The SMILES string of the molecule is COCCN(/C=C1\CCC2NC(c3ccc(F)cc3)=C(C3=CC=NC(SC)N3C)N12)Cc1cccc(OC)c1. The minimum Gasteiger partial charge on any atom is -0.497 e. The summed E-state index contributed by atoms with van der Waals surface area (Å²) in [5.41, 5.74) is 6.55. The monoisotopic (exact) mass is 549 g/mol. The molecular weight excluding hydrogens is 513 g/mol. The first-order valence-corrected chi connectivity index (χ1v) is 14.4. The van der Waals surface area contributed by atoms with Crippen molar-refractivity contribution in [3.63, 3.8) is 0 Å². The molecule has 1 fully saturated rings. The van der Waals surface area contributed by atoms with Gasteiger partial charge in [0.1, 0.15) is 17.7 Å². The summed E-state index contributed by atoms with van der Waals surface area (Å²) in [6.45, 7) is 2.12. The molecule has 0 spiro atoms. The van der Waals surface area contributed by atoms with Gasteiger partial charge >= 0.3 is 0 Å². The third kappa shape index (κ3) is 5.79. The van der Waals surface area contributed by atoms with Crippen molar-refractivity contribution in [2.24, 2.45) is 4.99 Å². The van der Waals surface area contributed by atoms with E-state index in [1.165, 1.54) is 23.4 Å². The topological polar surface area (TPSA) is 52.6 Å². The number of nitrogens with zero attached hydrogens (tertiary/aromatic N) is 4. The number of aliphatic imine (C=N–C) groups is 1. The van der Waals surface area contributed by atoms with Gasteiger partial charge in [0.05, 0.1) is 30.8 Å². The predicted octanol–water partition coefficient (Wildman–Crippen LogP) is 5.06. The molecule has 0 aromatic heterocycles. The molecule has 2 aromatic rings. The van der Waals surface area contributed by atoms with Gasteiger partial charge in [0.2, 0.25) is 0 Å². The summed E-state index contributed by atoms with van der Waals surface area (Å²) >= 11 is 1.69. The molecule has 0 radical (unpaired) electrons. The standard InChI is InChI=1S/C30H36FN5O2S/c1-34-26(14-15-32-30(34)39-4)29-28(22-8-10-23(31)11-9-22)33-27-13-12-24(36(27)29)20-35(16-17-37-2)19-21-6-5-7-25(18-21)38-3/h5-11,14-15,18,20,27,30,33H,12-13,16-17,19H2,1-4H3/b24-20+. The van der Waals surface area contributed by atoms with E-state index in [2.05, 4.69) is 62.7 Å². The van der Waals surface area contributed by atoms with E-state index >= 15 is 0 Å². The van der Waals surface area contributed by atoms with Crippen LogP contribution in [0.3, 0.4) is 0 Å². The van der Waals surface area contributed by atoms with Crippen LogP contribution >= 0.6 is 11.8 Å². The van der Waals surface area contributed by atoms with Gasteiger partial charge in [0.15, 0.2) is 5.50 Å². The van der Waals surface area contributed by atoms with E-state index in [-0.39, 0.29) is 17.5 Å². The fourth-order valence-electron chi connectivity index (χ4n) is 5.34. The normalized spacial score (nSPS) is 21.4. The Morgan fingerprint density at radius 1 is 1.21 bits per heavy atom. The van der Waals surface area contributed by atoms with Crippen molar-refractivity contribution in [1.82, 2.24) is 20.0 Å². The van der Waals surface area contributed by atoms with E-state index in [1.54, 1.807) is 26.0 Å². The summed E-state index contributed by atoms with van der Waals surface area (Å²) in [6.07, 6.45) is 10.3. The number of ether oxygens (including phenoxy) is 2. The zero-order valence-electron chi connectivity index (χ0n) is 22.9. The van der Waals surface area contributed by atoms with Crippen molar-refractivity contribution in [2.75, 3.05) is 40.7 Å². The van der Waals surface area contributed by atoms with E-state index in [1.807, 2.05) is 30.5 Å². The van der Waals surface area contributed by atoms with Gasteiger partial charge in [-0.05, 0) is 67.1 Å². The molecule has 1 saturated heterocycles. The summed E-state index contributed by atoms with van der Waals surface area (Å²) in [5, 5.41) is 3.76. The third-order valence-electron chi connectivity index (χ3n) is 7.26. The second kappa shape index (κ2) is 12.2. The maximum Gasteiger partial charge on any atom is 0.168 e. The Kier molecular flexibility index (Phi) is 8.47. The minimum atomic E-state index is -0.241. The lowest BCUT2D eigenvalue weighted by Gasteiger charge is -2.35. The molecule has 0 saturated carbocycles. The van der Waals surface area contributed by atoms with Gasteiger partial charge in [0.25, 0.3) is 0 Å². The van der Waals surface area contributed by atoms with Crippen LogP contribution < -0.4 is 10.1 Å². The van der Waals surface area contributed by atoms with Crippen molar-refractivity contribution < 1.29 is 13.9 Å². The number of halogens is 1. The molecule has 3 heterocycles. The van der Waals surface area contributed by atoms with E-state index in [9.17, 15) is 4.39 Å². The van der Waals surface area contributed by atoms with Gasteiger partial charge in [-0.25, -0.2) is 4.39 Å². The Balaban J connectivity index is 1.54. The summed E-state index contributed by atoms with van der Waals surface area (Å²) in [6, 6.07) is 14.9. The second-order valence-corrected chi connectivity index (χ2v) is 10.7. The van der Waals surface area contributed by atoms with Crippen molar-refractivity contribution in [3.8, 4) is 5.75 Å². The number of allylic oxidation sites excluding steroid dienone is 2. The maximum absolute atomic E-state index is 13.8. The van der Waals surface area contributed by atoms with Crippen LogP contribution in [-0.2, 0) is 11.3 Å². The van der Waals surface area contributed by atoms with Crippen LogP contribution in [-0.4, -0.2) is 73.3 Å². The fraction of sp³-hybridized carbons (Fsp3) is 0.367. The number of benzene rings is 2. The third-order valence-corrected chi connectivity index (χ3v) is 8.12. The van der Waals surface area contributed by atoms with Gasteiger partial charge in [-0.15, -0.1) is 11.8 Å². The van der Waals surface area contributed by atoms with Crippen LogP contribution in [0.25, 0.3) is 5.70 Å². The molecule has 0 bridgehead atoms. The quantitative estimate of drug-likeness (QED) is 0.444. The summed E-state index contributed by atoms with van der Waals surface area (Å²) in [4.78, 5) is 11.6. The average molecular weight is 550 g/mol. The number of methoxy groups -OCH3 is 2. The molecule has 2 aromatic carbocycles. The molecule has 206 valence electrons. The fourth-order valence-corrected chi connectivity index (χ4v) is 5.97. The Hall–Kier alpha value is -3.43. The molecule has 1 N–H and O–H groups in total. The zero-order chi connectivity index (χ0) is 27.4. The summed E-state index contributed by atoms with van der Waals surface area (Å²) < 4.78 is 24.7. The summed E-state index contributed by atoms with van der Waals surface area (Å²) in [7, 11) is 5.51. The van der Waals surface area contributed by atoms with E-state index in [0.29, 0.717) is 6.61 Å². The molecule has 9 heteroatoms. The molecule has 7 nitrogen and oxygen atoms in total. The molecular formula is C30H36FN5O2S. The zero-order valence-corrected chi connectivity index (χ0v) is 23.7. The molecule has 0 amide bonds. The first-order valence-electron chi connectivity index (χ1n) is 13.1. The minimum absolute atomic E-state index is 0.00712. The van der Waals surface area contributed by atoms with Crippen LogP contribution in [0.4, 0.5) is 4.39 Å². The van der Waals surface area contributed by atoms with E-state index in [4.69, 9.17) is 9.47 Å². The number of thioether (sulfide) groups is 1. The molecule has 2 atom stereocenters. The van der Waals surface area contributed by atoms with Crippen LogP contribution in [0, 0.1) is 5.82 Å². The Bertz CT molecular complexity index is 1290. The second-order valence-electron chi connectivity index (χ2n) is 9.76. The van der Waals surface area contributed by atoms with Gasteiger partial charge in [-0.2, -0.15) is 0 Å². The highest BCUT2D eigenvalue weighted by molar-refractivity contribution is 7.99. The first kappa shape index (κ1) is 27.1. The molecule has 2 unspecified atom stereocenters. The highest BCUT2D eigenvalue weighted by Gasteiger charge is 2.41. The number of hydrogen-bond donors (Lipinski definition) is 1. The van der Waals surface area contributed by atoms with Crippen molar-refractivity contribution in [3.05, 3.63) is 94.8 Å².